The minimum atomic E-state index is 0.527. The van der Waals surface area contributed by atoms with E-state index in [1.807, 2.05) is 11.3 Å². The summed E-state index contributed by atoms with van der Waals surface area (Å²) in [6.07, 6.45) is 6.67. The lowest BCUT2D eigenvalue weighted by atomic mass is 9.81. The van der Waals surface area contributed by atoms with Crippen molar-refractivity contribution in [3.05, 3.63) is 21.9 Å². The average molecular weight is 222 g/mol. The maximum Gasteiger partial charge on any atom is 0.0307 e. The molecule has 3 N–H and O–H groups in total. The maximum atomic E-state index is 5.72. The fraction of sp³-hybridized carbons (Fsp3) is 0.667. The Labute approximate surface area is 94.8 Å². The lowest BCUT2D eigenvalue weighted by Gasteiger charge is -2.30. The number of thiophene rings is 1. The highest BCUT2D eigenvalue weighted by Crippen LogP contribution is 2.44. The van der Waals surface area contributed by atoms with Gasteiger partial charge in [0.25, 0.3) is 0 Å². The summed E-state index contributed by atoms with van der Waals surface area (Å²) in [5, 5.41) is 2.24. The first-order valence-electron chi connectivity index (χ1n) is 5.92. The second-order valence-corrected chi connectivity index (χ2v) is 5.83. The third-order valence-corrected chi connectivity index (χ3v) is 4.85. The highest BCUT2D eigenvalue weighted by atomic mass is 32.1. The van der Waals surface area contributed by atoms with Gasteiger partial charge >= 0.3 is 0 Å². The van der Waals surface area contributed by atoms with Crippen molar-refractivity contribution < 1.29 is 0 Å². The number of hydrogen-bond acceptors (Lipinski definition) is 3. The van der Waals surface area contributed by atoms with Gasteiger partial charge in [0.1, 0.15) is 0 Å². The minimum absolute atomic E-state index is 0.527. The van der Waals surface area contributed by atoms with Gasteiger partial charge in [0.15, 0.2) is 0 Å². The molecule has 2 unspecified atom stereocenters. The molecule has 0 spiro atoms. The normalized spacial score (nSPS) is 27.4. The van der Waals surface area contributed by atoms with Crippen molar-refractivity contribution in [3.8, 4) is 0 Å². The van der Waals surface area contributed by atoms with Gasteiger partial charge in [-0.2, -0.15) is 0 Å². The summed E-state index contributed by atoms with van der Waals surface area (Å²) in [6, 6.07) is 2.84. The SMILES string of the molecule is NNC(C1CC1)C1CCCc2sccc21. The number of rotatable bonds is 3. The first kappa shape index (κ1) is 9.82. The van der Waals surface area contributed by atoms with Crippen LogP contribution in [0.4, 0.5) is 0 Å². The van der Waals surface area contributed by atoms with Crippen LogP contribution in [0.5, 0.6) is 0 Å². The van der Waals surface area contributed by atoms with Crippen molar-refractivity contribution in [3.63, 3.8) is 0 Å². The number of aryl methyl sites for hydroxylation is 1. The molecule has 1 aromatic rings. The Morgan fingerprint density at radius 3 is 3.00 bits per heavy atom. The topological polar surface area (TPSA) is 38.0 Å². The number of fused-ring (bicyclic) bond motifs is 1. The minimum Gasteiger partial charge on any atom is -0.271 e. The summed E-state index contributed by atoms with van der Waals surface area (Å²) in [6.45, 7) is 0. The number of nitrogens with two attached hydrogens (primary N) is 1. The molecule has 1 aromatic heterocycles. The monoisotopic (exact) mass is 222 g/mol. The van der Waals surface area contributed by atoms with Crippen LogP contribution in [-0.2, 0) is 6.42 Å². The van der Waals surface area contributed by atoms with Crippen molar-refractivity contribution in [2.45, 2.75) is 44.1 Å². The fourth-order valence-electron chi connectivity index (χ4n) is 2.93. The van der Waals surface area contributed by atoms with Gasteiger partial charge in [-0.25, -0.2) is 0 Å². The molecule has 0 amide bonds. The number of hydrazine groups is 1. The second-order valence-electron chi connectivity index (χ2n) is 4.83. The Morgan fingerprint density at radius 1 is 1.40 bits per heavy atom. The van der Waals surface area contributed by atoms with Crippen molar-refractivity contribution in [2.24, 2.45) is 11.8 Å². The van der Waals surface area contributed by atoms with Crippen LogP contribution in [-0.4, -0.2) is 6.04 Å². The van der Waals surface area contributed by atoms with Crippen molar-refractivity contribution in [2.75, 3.05) is 0 Å². The molecule has 0 aromatic carbocycles. The lowest BCUT2D eigenvalue weighted by molar-refractivity contribution is 0.365. The van der Waals surface area contributed by atoms with Gasteiger partial charge in [0.05, 0.1) is 0 Å². The van der Waals surface area contributed by atoms with Crippen molar-refractivity contribution >= 4 is 11.3 Å². The molecular formula is C12H18N2S. The van der Waals surface area contributed by atoms with Gasteiger partial charge in [-0.1, -0.05) is 0 Å². The summed E-state index contributed by atoms with van der Waals surface area (Å²) in [5.74, 6) is 7.24. The molecule has 0 aliphatic heterocycles. The molecule has 0 bridgehead atoms. The van der Waals surface area contributed by atoms with E-state index in [1.165, 1.54) is 32.1 Å². The van der Waals surface area contributed by atoms with E-state index in [2.05, 4.69) is 16.9 Å². The van der Waals surface area contributed by atoms with Crippen LogP contribution in [0.25, 0.3) is 0 Å². The largest absolute Gasteiger partial charge is 0.271 e. The van der Waals surface area contributed by atoms with Gasteiger partial charge in [-0.15, -0.1) is 11.3 Å². The van der Waals surface area contributed by atoms with E-state index in [1.54, 1.807) is 10.4 Å². The van der Waals surface area contributed by atoms with E-state index in [4.69, 9.17) is 5.84 Å². The van der Waals surface area contributed by atoms with Crippen molar-refractivity contribution in [1.29, 1.82) is 0 Å². The van der Waals surface area contributed by atoms with Crippen LogP contribution in [0.15, 0.2) is 11.4 Å². The van der Waals surface area contributed by atoms with Gasteiger partial charge in [0.2, 0.25) is 0 Å². The second kappa shape index (κ2) is 3.89. The molecule has 0 radical (unpaired) electrons. The summed E-state index contributed by atoms with van der Waals surface area (Å²) >= 11 is 1.92. The quantitative estimate of drug-likeness (QED) is 0.609. The van der Waals surface area contributed by atoms with E-state index >= 15 is 0 Å². The molecule has 1 saturated carbocycles. The third kappa shape index (κ3) is 1.73. The summed E-state index contributed by atoms with van der Waals surface area (Å²) in [4.78, 5) is 1.60. The van der Waals surface area contributed by atoms with E-state index < -0.39 is 0 Å². The van der Waals surface area contributed by atoms with Crippen LogP contribution < -0.4 is 11.3 Å². The first-order chi connectivity index (χ1) is 7.40. The highest BCUT2D eigenvalue weighted by Gasteiger charge is 2.38. The van der Waals surface area contributed by atoms with Crippen LogP contribution in [0.2, 0.25) is 0 Å². The van der Waals surface area contributed by atoms with Crippen LogP contribution in [0, 0.1) is 5.92 Å². The van der Waals surface area contributed by atoms with E-state index in [0.29, 0.717) is 12.0 Å². The van der Waals surface area contributed by atoms with Crippen LogP contribution >= 0.6 is 11.3 Å². The number of hydrogen-bond donors (Lipinski definition) is 2. The Morgan fingerprint density at radius 2 is 2.27 bits per heavy atom. The predicted octanol–water partition coefficient (Wildman–Crippen LogP) is 2.41. The zero-order valence-corrected chi connectivity index (χ0v) is 9.72. The molecule has 2 atom stereocenters. The van der Waals surface area contributed by atoms with Gasteiger partial charge < -0.3 is 0 Å². The average Bonchev–Trinajstić information content (AvgIpc) is 2.97. The van der Waals surface area contributed by atoms with Gasteiger partial charge in [-0.05, 0) is 55.0 Å². The summed E-state index contributed by atoms with van der Waals surface area (Å²) < 4.78 is 0. The highest BCUT2D eigenvalue weighted by molar-refractivity contribution is 7.10. The third-order valence-electron chi connectivity index (χ3n) is 3.85. The molecule has 2 nitrogen and oxygen atoms in total. The molecule has 0 saturated heterocycles. The Hall–Kier alpha value is -0.380. The predicted molar refractivity (Wildman–Crippen MR) is 63.8 cm³/mol. The molecule has 3 heteroatoms. The van der Waals surface area contributed by atoms with E-state index in [9.17, 15) is 0 Å². The van der Waals surface area contributed by atoms with Crippen LogP contribution in [0.3, 0.4) is 0 Å². The Kier molecular flexibility index (Phi) is 2.54. The molecule has 2 aliphatic carbocycles. The van der Waals surface area contributed by atoms with Crippen LogP contribution in [0.1, 0.15) is 42.0 Å². The lowest BCUT2D eigenvalue weighted by Crippen LogP contribution is -2.42. The summed E-state index contributed by atoms with van der Waals surface area (Å²) in [7, 11) is 0. The van der Waals surface area contributed by atoms with E-state index in [-0.39, 0.29) is 0 Å². The smallest absolute Gasteiger partial charge is 0.0307 e. The molecule has 15 heavy (non-hydrogen) atoms. The summed E-state index contributed by atoms with van der Waals surface area (Å²) in [5.41, 5.74) is 4.65. The van der Waals surface area contributed by atoms with Crippen molar-refractivity contribution in [1.82, 2.24) is 5.43 Å². The zero-order valence-electron chi connectivity index (χ0n) is 8.91. The molecule has 1 heterocycles. The van der Waals surface area contributed by atoms with Gasteiger partial charge in [0, 0.05) is 16.8 Å². The molecule has 82 valence electrons. The van der Waals surface area contributed by atoms with E-state index in [0.717, 1.165) is 5.92 Å². The zero-order chi connectivity index (χ0) is 10.3. The standard InChI is InChI=1S/C12H18N2S/c13-14-12(8-4-5-8)10-2-1-3-11-9(10)6-7-15-11/h6-8,10,12,14H,1-5,13H2. The first-order valence-corrected chi connectivity index (χ1v) is 6.80. The molecule has 1 fully saturated rings. The maximum absolute atomic E-state index is 5.72. The fourth-order valence-corrected chi connectivity index (χ4v) is 3.93. The molecular weight excluding hydrogens is 204 g/mol. The Bertz CT molecular complexity index is 343. The molecule has 2 aliphatic rings. The Balaban J connectivity index is 1.87. The van der Waals surface area contributed by atoms with Gasteiger partial charge in [-0.3, -0.25) is 11.3 Å². The molecule has 3 rings (SSSR count). The number of nitrogens with one attached hydrogen (secondary N) is 1.